The van der Waals surface area contributed by atoms with Gasteiger partial charge in [0, 0.05) is 0 Å². The highest BCUT2D eigenvalue weighted by Crippen LogP contribution is 2.10. The van der Waals surface area contributed by atoms with E-state index in [9.17, 15) is 4.55 Å². The highest BCUT2D eigenvalue weighted by Gasteiger charge is 2.13. The monoisotopic (exact) mass is 161 g/mol. The summed E-state index contributed by atoms with van der Waals surface area (Å²) in [5, 5.41) is 9.37. The molecule has 1 heterocycles. The average molecular weight is 161 g/mol. The zero-order valence-electron chi connectivity index (χ0n) is 4.79. The van der Waals surface area contributed by atoms with Gasteiger partial charge in [0.25, 0.3) is 5.88 Å². The summed E-state index contributed by atoms with van der Waals surface area (Å²) in [5.74, 6) is -0.129. The first-order valence-corrected chi connectivity index (χ1v) is 3.97. The van der Waals surface area contributed by atoms with E-state index in [1.165, 1.54) is 0 Å². The van der Waals surface area contributed by atoms with E-state index in [-0.39, 0.29) is 5.88 Å². The second-order valence-corrected chi connectivity index (χ2v) is 3.50. The third-order valence-electron chi connectivity index (χ3n) is 1.05. The van der Waals surface area contributed by atoms with Crippen LogP contribution in [0.3, 0.4) is 0 Å². The third kappa shape index (κ3) is 1.08. The summed E-state index contributed by atoms with van der Waals surface area (Å²) in [6, 6.07) is 0. The molecule has 0 saturated heterocycles. The van der Waals surface area contributed by atoms with Crippen LogP contribution in [-0.2, 0) is 0 Å². The standard InChI is InChI=1S/C3H5BNO2PS/c4-2-1(8)3(6)5-9(2)7/h4,8H2,(H,5,6). The lowest BCUT2D eigenvalue weighted by Gasteiger charge is -1.82. The number of hydrogen-bond acceptors (Lipinski definition) is 3. The lowest BCUT2D eigenvalue weighted by Crippen LogP contribution is -2.13. The molecule has 1 rings (SSSR count). The van der Waals surface area contributed by atoms with Crippen LogP contribution in [0.4, 0.5) is 0 Å². The van der Waals surface area contributed by atoms with Crippen molar-refractivity contribution in [3.8, 4) is 5.88 Å². The Labute approximate surface area is 58.7 Å². The van der Waals surface area contributed by atoms with Gasteiger partial charge in [-0.05, 0) is 4.37 Å². The first kappa shape index (κ1) is 7.00. The summed E-state index contributed by atoms with van der Waals surface area (Å²) in [6.07, 6.45) is 0. The maximum absolute atomic E-state index is 10.7. The molecule has 0 aliphatic carbocycles. The van der Waals surface area contributed by atoms with Gasteiger partial charge in [-0.2, -0.15) is 0 Å². The van der Waals surface area contributed by atoms with Crippen LogP contribution in [-0.4, -0.2) is 21.9 Å². The number of rotatable bonds is 0. The molecule has 6 heteroatoms. The van der Waals surface area contributed by atoms with Gasteiger partial charge in [-0.15, -0.1) is 0 Å². The molecule has 9 heavy (non-hydrogen) atoms. The highest BCUT2D eigenvalue weighted by atomic mass is 32.2. The number of nitrogens with zero attached hydrogens (tertiary/aromatic N) is 1. The van der Waals surface area contributed by atoms with E-state index >= 15 is 0 Å². The minimum Gasteiger partial charge on any atom is -0.569 e. The lowest BCUT2D eigenvalue weighted by atomic mass is 10.1. The van der Waals surface area contributed by atoms with Gasteiger partial charge in [0.1, 0.15) is 4.78 Å². The van der Waals surface area contributed by atoms with E-state index < -0.39 is 10.9 Å². The Morgan fingerprint density at radius 2 is 2.33 bits per heavy atom. The van der Waals surface area contributed by atoms with Gasteiger partial charge in [0.2, 0.25) is 7.85 Å². The molecule has 2 unspecified atom stereocenters. The predicted octanol–water partition coefficient (Wildman–Crippen LogP) is -1.73. The van der Waals surface area contributed by atoms with Crippen molar-refractivity contribution in [2.45, 2.75) is 0 Å². The third-order valence-corrected chi connectivity index (χ3v) is 3.03. The molecule has 48 valence electrons. The summed E-state index contributed by atoms with van der Waals surface area (Å²) < 4.78 is 14.7. The fourth-order valence-corrected chi connectivity index (χ4v) is 1.58. The summed E-state index contributed by atoms with van der Waals surface area (Å²) in [5.41, 5.74) is 0. The molecule has 0 fully saturated rings. The lowest BCUT2D eigenvalue weighted by molar-refractivity contribution is 0.462. The van der Waals surface area contributed by atoms with E-state index in [0.717, 1.165) is 0 Å². The Kier molecular flexibility index (Phi) is 1.75. The molecular weight excluding hydrogens is 156 g/mol. The summed E-state index contributed by atoms with van der Waals surface area (Å²) in [6.45, 7) is 0. The minimum absolute atomic E-state index is 0.129. The van der Waals surface area contributed by atoms with Crippen molar-refractivity contribution >= 4 is 38.1 Å². The average Bonchev–Trinajstić information content (AvgIpc) is 1.98. The molecule has 1 aromatic rings. The van der Waals surface area contributed by atoms with Crippen LogP contribution >= 0.6 is 20.2 Å². The molecule has 0 aliphatic rings. The maximum atomic E-state index is 10.7. The molecule has 3 nitrogen and oxygen atoms in total. The number of aromatic nitrogens is 1. The first-order valence-electron chi connectivity index (χ1n) is 2.29. The van der Waals surface area contributed by atoms with Gasteiger partial charge in [-0.3, -0.25) is 0 Å². The van der Waals surface area contributed by atoms with E-state index in [1.807, 2.05) is 0 Å². The summed E-state index contributed by atoms with van der Waals surface area (Å²) in [7, 11) is 2.62. The van der Waals surface area contributed by atoms with Gasteiger partial charge in [-0.25, -0.2) is 0 Å². The van der Waals surface area contributed by atoms with Gasteiger partial charge in [0.05, 0.1) is 16.3 Å². The topological polar surface area (TPSA) is 56.2 Å². The molecule has 0 amide bonds. The quantitative estimate of drug-likeness (QED) is 0.279. The zero-order chi connectivity index (χ0) is 7.02. The largest absolute Gasteiger partial charge is 0.569 e. The van der Waals surface area contributed by atoms with Crippen molar-refractivity contribution in [3.05, 3.63) is 0 Å². The molecule has 0 aliphatic heterocycles. The van der Waals surface area contributed by atoms with Crippen molar-refractivity contribution in [2.24, 2.45) is 0 Å². The molecule has 0 bridgehead atoms. The van der Waals surface area contributed by atoms with Crippen LogP contribution in [0.1, 0.15) is 0 Å². The van der Waals surface area contributed by atoms with Gasteiger partial charge in [0.15, 0.2) is 0 Å². The van der Waals surface area contributed by atoms with Gasteiger partial charge >= 0.3 is 0 Å². The molecule has 0 radical (unpaired) electrons. The zero-order valence-corrected chi connectivity index (χ0v) is 6.76. The normalized spacial score (nSPS) is 12.0. The molecule has 1 aromatic heterocycles. The number of aromatic hydroxyl groups is 1. The van der Waals surface area contributed by atoms with Crippen molar-refractivity contribution in [1.82, 2.24) is 4.37 Å². The van der Waals surface area contributed by atoms with Crippen molar-refractivity contribution < 1.29 is 9.66 Å². The van der Waals surface area contributed by atoms with Crippen LogP contribution in [0.25, 0.3) is 0 Å². The number of hydrogen-bond donors (Lipinski definition) is 1. The van der Waals surface area contributed by atoms with Crippen molar-refractivity contribution in [1.29, 1.82) is 0 Å². The molecule has 1 N–H and O–H groups in total. The van der Waals surface area contributed by atoms with Crippen LogP contribution in [0.15, 0.2) is 0 Å². The second-order valence-electron chi connectivity index (χ2n) is 1.63. The Balaban J connectivity index is 3.29. The van der Waals surface area contributed by atoms with Crippen LogP contribution < -0.4 is 10.1 Å². The van der Waals surface area contributed by atoms with E-state index in [2.05, 4.69) is 13.6 Å². The first-order chi connectivity index (χ1) is 4.13. The second kappa shape index (κ2) is 2.25. The Morgan fingerprint density at radius 3 is 2.44 bits per heavy atom. The molecule has 2 atom stereocenters. The smallest absolute Gasteiger partial charge is 0.275 e. The summed E-state index contributed by atoms with van der Waals surface area (Å²) >= 11 is 0. The fourth-order valence-electron chi connectivity index (χ4n) is 0.448. The van der Waals surface area contributed by atoms with Crippen LogP contribution in [0.5, 0.6) is 5.88 Å². The molecule has 0 saturated carbocycles. The van der Waals surface area contributed by atoms with E-state index in [1.54, 1.807) is 7.85 Å². The Hall–Kier alpha value is -0.115. The van der Waals surface area contributed by atoms with Gasteiger partial charge in [-0.1, -0.05) is 9.24 Å². The highest BCUT2D eigenvalue weighted by molar-refractivity contribution is 7.36. The van der Waals surface area contributed by atoms with Crippen molar-refractivity contribution in [2.75, 3.05) is 0 Å². The summed E-state index contributed by atoms with van der Waals surface area (Å²) in [4.78, 5) is 0. The van der Waals surface area contributed by atoms with E-state index in [0.29, 0.717) is 10.1 Å². The Morgan fingerprint density at radius 1 is 1.78 bits per heavy atom. The fraction of sp³-hybridized carbons (Fsp3) is 0. The molecule has 0 spiro atoms. The minimum atomic E-state index is -1.33. The van der Waals surface area contributed by atoms with Gasteiger partial charge < -0.3 is 9.66 Å². The Bertz CT molecular complexity index is 215. The maximum Gasteiger partial charge on any atom is 0.275 e. The van der Waals surface area contributed by atoms with Crippen LogP contribution in [0.2, 0.25) is 0 Å². The molecule has 0 aromatic carbocycles. The SMILES string of the molecule is Bc1c(P)c(O)n[s+]1[O-]. The van der Waals surface area contributed by atoms with Crippen molar-refractivity contribution in [3.63, 3.8) is 0 Å². The predicted molar refractivity (Wildman–Crippen MR) is 42.1 cm³/mol. The van der Waals surface area contributed by atoms with Crippen LogP contribution in [0, 0.1) is 0 Å². The molecular formula is C3H5BNO2PS. The van der Waals surface area contributed by atoms with E-state index in [4.69, 9.17) is 5.11 Å².